The number of hydrogen-bond donors (Lipinski definition) is 2. The smallest absolute Gasteiger partial charge is 0.0468 e. The predicted molar refractivity (Wildman–Crippen MR) is 71.2 cm³/mol. The van der Waals surface area contributed by atoms with Gasteiger partial charge in [-0.15, -0.1) is 0 Å². The fourth-order valence-corrected chi connectivity index (χ4v) is 2.90. The Labute approximate surface area is 106 Å². The SMILES string of the molecule is COCCC1(CNCC2CC(C)CCN2)CC1. The lowest BCUT2D eigenvalue weighted by Gasteiger charge is -2.29. The Morgan fingerprint density at radius 1 is 1.41 bits per heavy atom. The first-order valence-electron chi connectivity index (χ1n) is 7.17. The van der Waals surface area contributed by atoms with Gasteiger partial charge in [0, 0.05) is 32.8 Å². The quantitative estimate of drug-likeness (QED) is 0.712. The molecule has 1 saturated carbocycles. The van der Waals surface area contributed by atoms with Gasteiger partial charge in [0.25, 0.3) is 0 Å². The summed E-state index contributed by atoms with van der Waals surface area (Å²) in [6.45, 7) is 6.81. The average Bonchev–Trinajstić information content (AvgIpc) is 3.07. The molecular weight excluding hydrogens is 212 g/mol. The van der Waals surface area contributed by atoms with E-state index >= 15 is 0 Å². The minimum absolute atomic E-state index is 0.580. The maximum Gasteiger partial charge on any atom is 0.0468 e. The van der Waals surface area contributed by atoms with E-state index in [0.29, 0.717) is 11.5 Å². The summed E-state index contributed by atoms with van der Waals surface area (Å²) in [6, 6.07) is 0.692. The summed E-state index contributed by atoms with van der Waals surface area (Å²) in [5.41, 5.74) is 0.580. The third kappa shape index (κ3) is 4.23. The molecule has 17 heavy (non-hydrogen) atoms. The van der Waals surface area contributed by atoms with E-state index < -0.39 is 0 Å². The first-order valence-corrected chi connectivity index (χ1v) is 7.17. The number of piperidine rings is 1. The minimum atomic E-state index is 0.580. The van der Waals surface area contributed by atoms with Crippen LogP contribution in [0.3, 0.4) is 0 Å². The van der Waals surface area contributed by atoms with Crippen LogP contribution in [-0.2, 0) is 4.74 Å². The largest absolute Gasteiger partial charge is 0.385 e. The van der Waals surface area contributed by atoms with Gasteiger partial charge in [-0.3, -0.25) is 0 Å². The van der Waals surface area contributed by atoms with Crippen molar-refractivity contribution in [1.82, 2.24) is 10.6 Å². The van der Waals surface area contributed by atoms with Crippen LogP contribution in [0.25, 0.3) is 0 Å². The van der Waals surface area contributed by atoms with Crippen molar-refractivity contribution < 1.29 is 4.74 Å². The predicted octanol–water partition coefficient (Wildman–Crippen LogP) is 1.78. The Bertz CT molecular complexity index is 228. The maximum atomic E-state index is 5.19. The van der Waals surface area contributed by atoms with Crippen LogP contribution >= 0.6 is 0 Å². The molecule has 2 unspecified atom stereocenters. The highest BCUT2D eigenvalue weighted by Crippen LogP contribution is 2.48. The maximum absolute atomic E-state index is 5.19. The second-order valence-electron chi connectivity index (χ2n) is 6.15. The summed E-state index contributed by atoms with van der Waals surface area (Å²) in [6.07, 6.45) is 6.67. The molecule has 1 saturated heterocycles. The van der Waals surface area contributed by atoms with Gasteiger partial charge in [-0.2, -0.15) is 0 Å². The second kappa shape index (κ2) is 6.17. The Balaban J connectivity index is 1.59. The molecule has 1 aliphatic heterocycles. The van der Waals surface area contributed by atoms with E-state index in [4.69, 9.17) is 4.74 Å². The van der Waals surface area contributed by atoms with Gasteiger partial charge in [0.1, 0.15) is 0 Å². The lowest BCUT2D eigenvalue weighted by molar-refractivity contribution is 0.170. The van der Waals surface area contributed by atoms with Gasteiger partial charge in [0.2, 0.25) is 0 Å². The van der Waals surface area contributed by atoms with E-state index in [1.165, 1.54) is 45.2 Å². The third-order valence-electron chi connectivity index (χ3n) is 4.44. The molecule has 0 aromatic rings. The fourth-order valence-electron chi connectivity index (χ4n) is 2.90. The molecule has 100 valence electrons. The van der Waals surface area contributed by atoms with Gasteiger partial charge in [0.15, 0.2) is 0 Å². The molecule has 2 fully saturated rings. The molecule has 3 nitrogen and oxygen atoms in total. The van der Waals surface area contributed by atoms with Gasteiger partial charge in [-0.05, 0) is 50.0 Å². The van der Waals surface area contributed by atoms with Crippen LogP contribution in [-0.4, -0.2) is 39.4 Å². The number of rotatable bonds is 7. The van der Waals surface area contributed by atoms with E-state index in [2.05, 4.69) is 17.6 Å². The van der Waals surface area contributed by atoms with Crippen molar-refractivity contribution in [3.05, 3.63) is 0 Å². The van der Waals surface area contributed by atoms with Crippen LogP contribution < -0.4 is 10.6 Å². The summed E-state index contributed by atoms with van der Waals surface area (Å²) < 4.78 is 5.19. The molecule has 1 heterocycles. The first kappa shape index (κ1) is 13.3. The second-order valence-corrected chi connectivity index (χ2v) is 6.15. The van der Waals surface area contributed by atoms with E-state index in [-0.39, 0.29) is 0 Å². The molecule has 2 N–H and O–H groups in total. The van der Waals surface area contributed by atoms with Crippen LogP contribution in [0.5, 0.6) is 0 Å². The van der Waals surface area contributed by atoms with Crippen molar-refractivity contribution in [1.29, 1.82) is 0 Å². The van der Waals surface area contributed by atoms with Crippen molar-refractivity contribution in [2.45, 2.75) is 45.1 Å². The van der Waals surface area contributed by atoms with E-state index in [9.17, 15) is 0 Å². The zero-order valence-corrected chi connectivity index (χ0v) is 11.4. The van der Waals surface area contributed by atoms with Crippen LogP contribution in [0, 0.1) is 11.3 Å². The third-order valence-corrected chi connectivity index (χ3v) is 4.44. The lowest BCUT2D eigenvalue weighted by atomic mass is 9.94. The highest BCUT2D eigenvalue weighted by molar-refractivity contribution is 4.95. The van der Waals surface area contributed by atoms with Gasteiger partial charge >= 0.3 is 0 Å². The van der Waals surface area contributed by atoms with Crippen LogP contribution in [0.15, 0.2) is 0 Å². The highest BCUT2D eigenvalue weighted by Gasteiger charge is 2.41. The Morgan fingerprint density at radius 3 is 2.88 bits per heavy atom. The van der Waals surface area contributed by atoms with Gasteiger partial charge in [-0.25, -0.2) is 0 Å². The molecule has 0 radical (unpaired) electrons. The normalized spacial score (nSPS) is 31.4. The molecule has 0 aromatic carbocycles. The van der Waals surface area contributed by atoms with Crippen molar-refractivity contribution in [2.24, 2.45) is 11.3 Å². The van der Waals surface area contributed by atoms with Crippen molar-refractivity contribution in [3.8, 4) is 0 Å². The molecule has 3 heteroatoms. The molecule has 2 aliphatic rings. The van der Waals surface area contributed by atoms with Crippen molar-refractivity contribution in [3.63, 3.8) is 0 Å². The Hall–Kier alpha value is -0.120. The highest BCUT2D eigenvalue weighted by atomic mass is 16.5. The molecular formula is C14H28N2O. The summed E-state index contributed by atoms with van der Waals surface area (Å²) in [5, 5.41) is 7.28. The molecule has 1 aliphatic carbocycles. The molecule has 0 spiro atoms. The molecule has 0 aromatic heterocycles. The van der Waals surface area contributed by atoms with Crippen LogP contribution in [0.1, 0.15) is 39.0 Å². The summed E-state index contributed by atoms with van der Waals surface area (Å²) >= 11 is 0. The zero-order valence-electron chi connectivity index (χ0n) is 11.4. The van der Waals surface area contributed by atoms with Gasteiger partial charge in [-0.1, -0.05) is 6.92 Å². The summed E-state index contributed by atoms with van der Waals surface area (Å²) in [4.78, 5) is 0. The average molecular weight is 240 g/mol. The van der Waals surface area contributed by atoms with Crippen molar-refractivity contribution >= 4 is 0 Å². The van der Waals surface area contributed by atoms with E-state index in [1.807, 2.05) is 0 Å². The minimum Gasteiger partial charge on any atom is -0.385 e. The van der Waals surface area contributed by atoms with Crippen molar-refractivity contribution in [2.75, 3.05) is 33.4 Å². The fraction of sp³-hybridized carbons (Fsp3) is 1.00. The van der Waals surface area contributed by atoms with Crippen LogP contribution in [0.4, 0.5) is 0 Å². The molecule has 0 bridgehead atoms. The monoisotopic (exact) mass is 240 g/mol. The number of ether oxygens (including phenoxy) is 1. The number of methoxy groups -OCH3 is 1. The number of nitrogens with one attached hydrogen (secondary N) is 2. The topological polar surface area (TPSA) is 33.3 Å². The summed E-state index contributed by atoms with van der Waals surface area (Å²) in [5.74, 6) is 0.895. The van der Waals surface area contributed by atoms with Crippen LogP contribution in [0.2, 0.25) is 0 Å². The Morgan fingerprint density at radius 2 is 2.24 bits per heavy atom. The lowest BCUT2D eigenvalue weighted by Crippen LogP contribution is -2.45. The molecule has 2 rings (SSSR count). The van der Waals surface area contributed by atoms with Gasteiger partial charge in [0.05, 0.1) is 0 Å². The standard InChI is InChI=1S/C14H28N2O/c1-12-3-7-16-13(9-12)10-15-11-14(4-5-14)6-8-17-2/h12-13,15-16H,3-11H2,1-2H3. The molecule has 2 atom stereocenters. The first-order chi connectivity index (χ1) is 8.24. The number of hydrogen-bond acceptors (Lipinski definition) is 3. The molecule has 0 amide bonds. The Kier molecular flexibility index (Phi) is 4.83. The summed E-state index contributed by atoms with van der Waals surface area (Å²) in [7, 11) is 1.80. The van der Waals surface area contributed by atoms with Gasteiger partial charge < -0.3 is 15.4 Å². The van der Waals surface area contributed by atoms with E-state index in [0.717, 1.165) is 19.1 Å². The van der Waals surface area contributed by atoms with E-state index in [1.54, 1.807) is 7.11 Å². The zero-order chi connectivity index (χ0) is 12.1.